The van der Waals surface area contributed by atoms with Gasteiger partial charge in [-0.2, -0.15) is 0 Å². The van der Waals surface area contributed by atoms with Gasteiger partial charge in [0.05, 0.1) is 5.69 Å². The first-order chi connectivity index (χ1) is 6.78. The van der Waals surface area contributed by atoms with Crippen LogP contribution in [0.4, 0.5) is 5.13 Å². The maximum Gasteiger partial charge on any atom is 0.334 e. The van der Waals surface area contributed by atoms with Gasteiger partial charge in [-0.15, -0.1) is 11.3 Å². The second-order valence-corrected chi connectivity index (χ2v) is 5.88. The van der Waals surface area contributed by atoms with Gasteiger partial charge in [0, 0.05) is 4.88 Å². The van der Waals surface area contributed by atoms with Crippen molar-refractivity contribution in [3.05, 3.63) is 10.6 Å². The van der Waals surface area contributed by atoms with Gasteiger partial charge in [-0.05, 0) is 13.8 Å². The van der Waals surface area contributed by atoms with Gasteiger partial charge < -0.3 is 15.1 Å². The van der Waals surface area contributed by atoms with Gasteiger partial charge in [-0.25, -0.2) is 4.98 Å². The van der Waals surface area contributed by atoms with Gasteiger partial charge in [-0.1, -0.05) is 0 Å². The molecular weight excluding hydrogens is 239 g/mol. The van der Waals surface area contributed by atoms with E-state index in [0.29, 0.717) is 5.13 Å². The number of hydrogen-bond donors (Lipinski definition) is 3. The summed E-state index contributed by atoms with van der Waals surface area (Å²) >= 11 is 1.27. The monoisotopic (exact) mass is 250 g/mol. The number of thiazole rings is 1. The van der Waals surface area contributed by atoms with Crippen LogP contribution in [0.15, 0.2) is 0 Å². The highest BCUT2D eigenvalue weighted by atomic mass is 32.1. The van der Waals surface area contributed by atoms with E-state index in [9.17, 15) is 9.36 Å². The number of nitrogens with one attached hydrogen (secondary N) is 1. The van der Waals surface area contributed by atoms with E-state index in [1.165, 1.54) is 11.3 Å². The van der Waals surface area contributed by atoms with Crippen LogP contribution < -0.4 is 5.32 Å². The van der Waals surface area contributed by atoms with Gasteiger partial charge in [0.2, 0.25) is 5.91 Å². The Labute approximate surface area is 90.5 Å². The van der Waals surface area contributed by atoms with Crippen molar-refractivity contribution in [1.82, 2.24) is 4.98 Å². The molecule has 0 bridgehead atoms. The zero-order chi connectivity index (χ0) is 11.6. The molecule has 1 rings (SSSR count). The topological polar surface area (TPSA) is 99.5 Å². The Kier molecular flexibility index (Phi) is 3.62. The summed E-state index contributed by atoms with van der Waals surface area (Å²) in [5.41, 5.74) is 0.798. The number of hydrogen-bond acceptors (Lipinski definition) is 4. The van der Waals surface area contributed by atoms with Crippen molar-refractivity contribution in [3.8, 4) is 0 Å². The molecule has 1 heterocycles. The van der Waals surface area contributed by atoms with Crippen LogP contribution in [-0.2, 0) is 9.36 Å². The lowest BCUT2D eigenvalue weighted by Gasteiger charge is -2.02. The van der Waals surface area contributed by atoms with Gasteiger partial charge >= 0.3 is 7.60 Å². The molecule has 1 aromatic rings. The van der Waals surface area contributed by atoms with Crippen molar-refractivity contribution in [2.45, 2.75) is 13.8 Å². The second kappa shape index (κ2) is 4.40. The van der Waals surface area contributed by atoms with Gasteiger partial charge in [0.1, 0.15) is 6.16 Å². The third kappa shape index (κ3) is 4.09. The summed E-state index contributed by atoms with van der Waals surface area (Å²) in [4.78, 5) is 33.2. The number of aromatic nitrogens is 1. The Morgan fingerprint density at radius 3 is 2.53 bits per heavy atom. The SMILES string of the molecule is Cc1nc(NC(=O)CP(=O)(O)O)sc1C. The van der Waals surface area contributed by atoms with Crippen LogP contribution in [0, 0.1) is 13.8 Å². The molecule has 8 heteroatoms. The van der Waals surface area contributed by atoms with Crippen LogP contribution in [0.25, 0.3) is 0 Å². The lowest BCUT2D eigenvalue weighted by atomic mass is 10.4. The fourth-order valence-corrected chi connectivity index (χ4v) is 2.16. The molecule has 0 aliphatic heterocycles. The molecule has 0 aromatic carbocycles. The van der Waals surface area contributed by atoms with Gasteiger partial charge in [0.15, 0.2) is 5.13 Å². The molecule has 84 valence electrons. The standard InChI is InChI=1S/C7H11N2O4PS/c1-4-5(2)15-7(8-4)9-6(10)3-14(11,12)13/h3H2,1-2H3,(H,8,9,10)(H2,11,12,13). The Morgan fingerprint density at radius 1 is 1.53 bits per heavy atom. The lowest BCUT2D eigenvalue weighted by molar-refractivity contribution is -0.114. The summed E-state index contributed by atoms with van der Waals surface area (Å²) in [7, 11) is -4.30. The smallest absolute Gasteiger partial charge is 0.324 e. The first-order valence-corrected chi connectivity index (χ1v) is 6.68. The van der Waals surface area contributed by atoms with Gasteiger partial charge in [0.25, 0.3) is 0 Å². The van der Waals surface area contributed by atoms with Crippen LogP contribution in [0.5, 0.6) is 0 Å². The van der Waals surface area contributed by atoms with Crippen molar-refractivity contribution in [3.63, 3.8) is 0 Å². The van der Waals surface area contributed by atoms with Crippen molar-refractivity contribution < 1.29 is 19.1 Å². The average molecular weight is 250 g/mol. The molecule has 0 radical (unpaired) electrons. The number of carbonyl (C=O) groups excluding carboxylic acids is 1. The Hall–Kier alpha value is -0.750. The molecule has 3 N–H and O–H groups in total. The third-order valence-corrected chi connectivity index (χ3v) is 3.31. The van der Waals surface area contributed by atoms with Crippen LogP contribution in [0.2, 0.25) is 0 Å². The molecule has 0 fully saturated rings. The molecule has 0 spiro atoms. The minimum absolute atomic E-state index is 0.364. The Bertz CT molecular complexity index is 405. The molecular formula is C7H11N2O4PS. The fraction of sp³-hybridized carbons (Fsp3) is 0.429. The number of nitrogens with zero attached hydrogens (tertiary/aromatic N) is 1. The van der Waals surface area contributed by atoms with E-state index in [2.05, 4.69) is 10.3 Å². The summed E-state index contributed by atoms with van der Waals surface area (Å²) in [6.07, 6.45) is -0.815. The Balaban J connectivity index is 2.63. The zero-order valence-corrected chi connectivity index (χ0v) is 9.93. The molecule has 0 saturated heterocycles. The maximum atomic E-state index is 11.1. The van der Waals surface area contributed by atoms with E-state index in [0.717, 1.165) is 10.6 Å². The van der Waals surface area contributed by atoms with Gasteiger partial charge in [-0.3, -0.25) is 9.36 Å². The van der Waals surface area contributed by atoms with E-state index >= 15 is 0 Å². The lowest BCUT2D eigenvalue weighted by Crippen LogP contribution is -2.15. The summed E-state index contributed by atoms with van der Waals surface area (Å²) in [6.45, 7) is 3.65. The predicted molar refractivity (Wildman–Crippen MR) is 57.1 cm³/mol. The van der Waals surface area contributed by atoms with Crippen molar-refractivity contribution in [2.75, 3.05) is 11.5 Å². The molecule has 0 unspecified atom stereocenters. The Morgan fingerprint density at radius 2 is 2.13 bits per heavy atom. The highest BCUT2D eigenvalue weighted by molar-refractivity contribution is 7.52. The van der Waals surface area contributed by atoms with E-state index in [1.54, 1.807) is 6.92 Å². The number of aryl methyl sites for hydroxylation is 2. The minimum Gasteiger partial charge on any atom is -0.324 e. The van der Waals surface area contributed by atoms with E-state index in [1.807, 2.05) is 6.92 Å². The molecule has 0 aliphatic carbocycles. The number of carbonyl (C=O) groups is 1. The number of amides is 1. The summed E-state index contributed by atoms with van der Waals surface area (Å²) < 4.78 is 10.5. The quantitative estimate of drug-likeness (QED) is 0.691. The van der Waals surface area contributed by atoms with E-state index in [-0.39, 0.29) is 0 Å². The third-order valence-electron chi connectivity index (χ3n) is 1.62. The highest BCUT2D eigenvalue weighted by Gasteiger charge is 2.19. The molecule has 1 amide bonds. The molecule has 6 nitrogen and oxygen atoms in total. The number of anilines is 1. The summed E-state index contributed by atoms with van der Waals surface area (Å²) in [5.74, 6) is -0.725. The molecule has 15 heavy (non-hydrogen) atoms. The average Bonchev–Trinajstić information content (AvgIpc) is 2.26. The van der Waals surface area contributed by atoms with Crippen LogP contribution >= 0.6 is 18.9 Å². The van der Waals surface area contributed by atoms with Crippen LogP contribution in [0.3, 0.4) is 0 Å². The zero-order valence-electron chi connectivity index (χ0n) is 8.22. The molecule has 0 aliphatic rings. The highest BCUT2D eigenvalue weighted by Crippen LogP contribution is 2.34. The van der Waals surface area contributed by atoms with E-state index < -0.39 is 19.7 Å². The minimum atomic E-state index is -4.30. The second-order valence-electron chi connectivity index (χ2n) is 3.03. The molecule has 0 saturated carbocycles. The van der Waals surface area contributed by atoms with Crippen LogP contribution in [0.1, 0.15) is 10.6 Å². The first kappa shape index (κ1) is 12.3. The van der Waals surface area contributed by atoms with Crippen LogP contribution in [-0.4, -0.2) is 26.8 Å². The summed E-state index contributed by atoms with van der Waals surface area (Å²) in [6, 6.07) is 0. The van der Waals surface area contributed by atoms with Crippen molar-refractivity contribution in [1.29, 1.82) is 0 Å². The normalized spacial score (nSPS) is 11.5. The van der Waals surface area contributed by atoms with Crippen molar-refractivity contribution >= 4 is 30.0 Å². The largest absolute Gasteiger partial charge is 0.334 e. The predicted octanol–water partition coefficient (Wildman–Crippen LogP) is 0.876. The first-order valence-electron chi connectivity index (χ1n) is 4.06. The fourth-order valence-electron chi connectivity index (χ4n) is 0.872. The summed E-state index contributed by atoms with van der Waals surface area (Å²) in [5, 5.41) is 2.70. The molecule has 0 atom stereocenters. The molecule has 1 aromatic heterocycles. The van der Waals surface area contributed by atoms with Crippen molar-refractivity contribution in [2.24, 2.45) is 0 Å². The maximum absolute atomic E-state index is 11.1. The van der Waals surface area contributed by atoms with E-state index in [4.69, 9.17) is 9.79 Å². The number of rotatable bonds is 3.